The van der Waals surface area contributed by atoms with Crippen LogP contribution in [-0.4, -0.2) is 52.1 Å². The molecule has 1 rings (SSSR count). The quantitative estimate of drug-likeness (QED) is 0.863. The topological polar surface area (TPSA) is 82.5 Å². The van der Waals surface area contributed by atoms with Gasteiger partial charge in [-0.15, -0.1) is 0 Å². The van der Waals surface area contributed by atoms with Gasteiger partial charge in [-0.3, -0.25) is 0 Å². The van der Waals surface area contributed by atoms with E-state index in [9.17, 15) is 9.59 Å². The second-order valence-electron chi connectivity index (χ2n) is 4.05. The first-order valence-corrected chi connectivity index (χ1v) is 7.07. The van der Waals surface area contributed by atoms with Crippen LogP contribution in [0.1, 0.15) is 17.4 Å². The Labute approximate surface area is 116 Å². The van der Waals surface area contributed by atoms with Crippen molar-refractivity contribution >= 4 is 29.4 Å². The Kier molecular flexibility index (Phi) is 5.62. The van der Waals surface area contributed by atoms with E-state index in [0.717, 1.165) is 5.75 Å². The number of anilines is 1. The second-order valence-corrected chi connectivity index (χ2v) is 4.96. The number of carboxylic acids is 1. The minimum atomic E-state index is -1.17. The number of carbonyl (C=O) groups excluding carboxylic acids is 1. The molecule has 0 aliphatic heterocycles. The normalized spacial score (nSPS) is 11.7. The van der Waals surface area contributed by atoms with E-state index >= 15 is 0 Å². The number of carbonyl (C=O) groups is 2. The van der Waals surface area contributed by atoms with Gasteiger partial charge in [0.15, 0.2) is 5.69 Å². The summed E-state index contributed by atoms with van der Waals surface area (Å²) in [6.45, 7) is 1.93. The summed E-state index contributed by atoms with van der Waals surface area (Å²) in [5.74, 6) is -0.362. The number of urea groups is 1. The van der Waals surface area contributed by atoms with Gasteiger partial charge < -0.3 is 15.3 Å². The number of pyridine rings is 1. The SMILES string of the molecule is CSCC(C)N(C)C(=O)Nc1cccnc1C(=O)O. The Morgan fingerprint density at radius 3 is 2.84 bits per heavy atom. The highest BCUT2D eigenvalue weighted by Crippen LogP contribution is 2.13. The molecule has 1 atom stereocenters. The van der Waals surface area contributed by atoms with Gasteiger partial charge >= 0.3 is 12.0 Å². The number of hydrogen-bond donors (Lipinski definition) is 2. The zero-order valence-corrected chi connectivity index (χ0v) is 11.9. The zero-order valence-electron chi connectivity index (χ0n) is 11.1. The molecule has 1 unspecified atom stereocenters. The monoisotopic (exact) mass is 283 g/mol. The number of nitrogens with one attached hydrogen (secondary N) is 1. The predicted molar refractivity (Wildman–Crippen MR) is 75.8 cm³/mol. The fourth-order valence-corrected chi connectivity index (χ4v) is 2.14. The molecule has 19 heavy (non-hydrogen) atoms. The van der Waals surface area contributed by atoms with Crippen molar-refractivity contribution < 1.29 is 14.7 Å². The van der Waals surface area contributed by atoms with Crippen LogP contribution in [0.4, 0.5) is 10.5 Å². The van der Waals surface area contributed by atoms with Gasteiger partial charge in [0, 0.05) is 25.0 Å². The van der Waals surface area contributed by atoms with Crippen LogP contribution in [-0.2, 0) is 0 Å². The number of nitrogens with zero attached hydrogens (tertiary/aromatic N) is 2. The maximum absolute atomic E-state index is 12.0. The molecule has 0 radical (unpaired) electrons. The molecule has 2 N–H and O–H groups in total. The largest absolute Gasteiger partial charge is 0.476 e. The molecule has 0 aromatic carbocycles. The molecule has 0 aliphatic rings. The molecule has 104 valence electrons. The third kappa shape index (κ3) is 4.13. The Hall–Kier alpha value is -1.76. The van der Waals surface area contributed by atoms with Crippen LogP contribution in [0, 0.1) is 0 Å². The number of rotatable bonds is 5. The van der Waals surface area contributed by atoms with Gasteiger partial charge in [0.2, 0.25) is 0 Å². The second kappa shape index (κ2) is 6.98. The molecule has 0 aliphatic carbocycles. The van der Waals surface area contributed by atoms with Crippen molar-refractivity contribution in [2.24, 2.45) is 0 Å². The van der Waals surface area contributed by atoms with Crippen molar-refractivity contribution in [3.05, 3.63) is 24.0 Å². The lowest BCUT2D eigenvalue weighted by molar-refractivity contribution is 0.0691. The van der Waals surface area contributed by atoms with E-state index in [0.29, 0.717) is 0 Å². The summed E-state index contributed by atoms with van der Waals surface area (Å²) in [5.41, 5.74) is 0.0324. The molecular weight excluding hydrogens is 266 g/mol. The van der Waals surface area contributed by atoms with Gasteiger partial charge in [0.1, 0.15) is 0 Å². The van der Waals surface area contributed by atoms with Crippen molar-refractivity contribution in [3.63, 3.8) is 0 Å². The van der Waals surface area contributed by atoms with Crippen molar-refractivity contribution in [3.8, 4) is 0 Å². The highest BCUT2D eigenvalue weighted by molar-refractivity contribution is 7.98. The van der Waals surface area contributed by atoms with Crippen molar-refractivity contribution in [2.45, 2.75) is 13.0 Å². The maximum atomic E-state index is 12.0. The third-order valence-electron chi connectivity index (χ3n) is 2.64. The summed E-state index contributed by atoms with van der Waals surface area (Å²) in [6.07, 6.45) is 3.34. The molecule has 1 aromatic rings. The minimum Gasteiger partial charge on any atom is -0.476 e. The summed E-state index contributed by atoms with van der Waals surface area (Å²) < 4.78 is 0. The number of thioether (sulfide) groups is 1. The van der Waals surface area contributed by atoms with E-state index in [1.165, 1.54) is 17.2 Å². The molecule has 0 saturated carbocycles. The molecule has 7 heteroatoms. The van der Waals surface area contributed by atoms with Crippen molar-refractivity contribution in [1.82, 2.24) is 9.88 Å². The molecule has 0 spiro atoms. The fraction of sp³-hybridized carbons (Fsp3) is 0.417. The number of hydrogen-bond acceptors (Lipinski definition) is 4. The first-order chi connectivity index (χ1) is 8.97. The molecule has 1 aromatic heterocycles. The average molecular weight is 283 g/mol. The van der Waals surface area contributed by atoms with Crippen LogP contribution in [0.5, 0.6) is 0 Å². The first kappa shape index (κ1) is 15.3. The van der Waals surface area contributed by atoms with Gasteiger partial charge in [0.05, 0.1) is 5.69 Å². The maximum Gasteiger partial charge on any atom is 0.356 e. The molecule has 6 nitrogen and oxygen atoms in total. The van der Waals surface area contributed by atoms with E-state index in [-0.39, 0.29) is 23.5 Å². The average Bonchev–Trinajstić information content (AvgIpc) is 2.38. The van der Waals surface area contributed by atoms with Gasteiger partial charge in [-0.1, -0.05) is 0 Å². The number of carboxylic acid groups (broad SMARTS) is 1. The van der Waals surface area contributed by atoms with Gasteiger partial charge in [0.25, 0.3) is 0 Å². The van der Waals surface area contributed by atoms with Crippen LogP contribution >= 0.6 is 11.8 Å². The summed E-state index contributed by atoms with van der Waals surface area (Å²) in [7, 11) is 1.67. The lowest BCUT2D eigenvalue weighted by atomic mass is 10.3. The van der Waals surface area contributed by atoms with E-state index in [2.05, 4.69) is 10.3 Å². The summed E-state index contributed by atoms with van der Waals surface area (Å²) in [6, 6.07) is 2.80. The van der Waals surface area contributed by atoms with E-state index in [1.54, 1.807) is 24.9 Å². The van der Waals surface area contributed by atoms with Gasteiger partial charge in [-0.2, -0.15) is 11.8 Å². The third-order valence-corrected chi connectivity index (χ3v) is 3.46. The molecule has 2 amide bonds. The van der Waals surface area contributed by atoms with Gasteiger partial charge in [-0.05, 0) is 25.3 Å². The molecule has 0 saturated heterocycles. The molecular formula is C12H17N3O3S. The fourth-order valence-electron chi connectivity index (χ4n) is 1.43. The van der Waals surface area contributed by atoms with Crippen LogP contribution in [0.15, 0.2) is 18.3 Å². The molecule has 0 fully saturated rings. The number of aromatic carboxylic acids is 1. The summed E-state index contributed by atoms with van der Waals surface area (Å²) in [4.78, 5) is 28.2. The Morgan fingerprint density at radius 2 is 2.26 bits per heavy atom. The Balaban J connectivity index is 2.80. The smallest absolute Gasteiger partial charge is 0.356 e. The lowest BCUT2D eigenvalue weighted by Gasteiger charge is -2.24. The van der Waals surface area contributed by atoms with Crippen LogP contribution < -0.4 is 5.32 Å². The minimum absolute atomic E-state index is 0.0555. The van der Waals surface area contributed by atoms with E-state index in [1.807, 2.05) is 13.2 Å². The Bertz CT molecular complexity index is 467. The standard InChI is InChI=1S/C12H17N3O3S/c1-8(7-19-3)15(2)12(18)14-9-5-4-6-13-10(9)11(16)17/h4-6,8H,7H2,1-3H3,(H,14,18)(H,16,17). The van der Waals surface area contributed by atoms with Crippen LogP contribution in [0.25, 0.3) is 0 Å². The lowest BCUT2D eigenvalue weighted by Crippen LogP contribution is -2.39. The first-order valence-electron chi connectivity index (χ1n) is 5.68. The van der Waals surface area contributed by atoms with Crippen LogP contribution in [0.3, 0.4) is 0 Å². The van der Waals surface area contributed by atoms with Crippen LogP contribution in [0.2, 0.25) is 0 Å². The predicted octanol–water partition coefficient (Wildman–Crippen LogP) is 1.99. The Morgan fingerprint density at radius 1 is 1.58 bits per heavy atom. The number of aromatic nitrogens is 1. The van der Waals surface area contributed by atoms with Crippen molar-refractivity contribution in [2.75, 3.05) is 24.4 Å². The zero-order chi connectivity index (χ0) is 14.4. The molecule has 1 heterocycles. The van der Waals surface area contributed by atoms with E-state index < -0.39 is 5.97 Å². The summed E-state index contributed by atoms with van der Waals surface area (Å²) in [5, 5.41) is 11.5. The summed E-state index contributed by atoms with van der Waals surface area (Å²) >= 11 is 1.64. The number of amides is 2. The van der Waals surface area contributed by atoms with E-state index in [4.69, 9.17) is 5.11 Å². The van der Waals surface area contributed by atoms with Crippen molar-refractivity contribution in [1.29, 1.82) is 0 Å². The highest BCUT2D eigenvalue weighted by Gasteiger charge is 2.18. The molecule has 0 bridgehead atoms. The van der Waals surface area contributed by atoms with Gasteiger partial charge in [-0.25, -0.2) is 14.6 Å². The highest BCUT2D eigenvalue weighted by atomic mass is 32.2.